The summed E-state index contributed by atoms with van der Waals surface area (Å²) < 4.78 is 5.09. The van der Waals surface area contributed by atoms with Crippen LogP contribution < -0.4 is 5.32 Å². The molecule has 0 spiro atoms. The van der Waals surface area contributed by atoms with Crippen LogP contribution >= 0.6 is 0 Å². The predicted octanol–water partition coefficient (Wildman–Crippen LogP) is 1.33. The van der Waals surface area contributed by atoms with E-state index < -0.39 is 5.60 Å². The van der Waals surface area contributed by atoms with E-state index in [0.717, 1.165) is 12.8 Å². The third-order valence-electron chi connectivity index (χ3n) is 3.52. The summed E-state index contributed by atoms with van der Waals surface area (Å²) in [5.74, 6) is -0.144. The van der Waals surface area contributed by atoms with Gasteiger partial charge in [-0.3, -0.25) is 4.79 Å². The predicted molar refractivity (Wildman–Crippen MR) is 64.2 cm³/mol. The molecule has 2 N–H and O–H groups in total. The molecular formula is C12H25NO3. The normalized spacial score (nSPS) is 12.6. The lowest BCUT2D eigenvalue weighted by Crippen LogP contribution is -2.48. The number of methoxy groups -OCH3 is 1. The van der Waals surface area contributed by atoms with Crippen molar-refractivity contribution < 1.29 is 14.6 Å². The molecule has 16 heavy (non-hydrogen) atoms. The second-order valence-electron chi connectivity index (χ2n) is 4.76. The molecule has 0 aliphatic carbocycles. The minimum Gasteiger partial charge on any atom is -0.396 e. The van der Waals surface area contributed by atoms with Crippen molar-refractivity contribution in [2.24, 2.45) is 5.41 Å². The Bertz CT molecular complexity index is 214. The highest BCUT2D eigenvalue weighted by molar-refractivity contribution is 5.84. The summed E-state index contributed by atoms with van der Waals surface area (Å²) in [4.78, 5) is 11.8. The van der Waals surface area contributed by atoms with E-state index in [1.54, 1.807) is 13.8 Å². The van der Waals surface area contributed by atoms with Crippen LogP contribution in [0.1, 0.15) is 40.5 Å². The summed E-state index contributed by atoms with van der Waals surface area (Å²) in [6.45, 7) is 8.07. The van der Waals surface area contributed by atoms with Crippen LogP contribution in [0.3, 0.4) is 0 Å². The van der Waals surface area contributed by atoms with Crippen LogP contribution in [0.5, 0.6) is 0 Å². The van der Waals surface area contributed by atoms with Crippen molar-refractivity contribution in [3.8, 4) is 0 Å². The summed E-state index contributed by atoms with van der Waals surface area (Å²) >= 11 is 0. The maximum atomic E-state index is 11.8. The first kappa shape index (κ1) is 15.4. The van der Waals surface area contributed by atoms with Gasteiger partial charge in [-0.2, -0.15) is 0 Å². The van der Waals surface area contributed by atoms with Crippen LogP contribution in [0.4, 0.5) is 0 Å². The van der Waals surface area contributed by atoms with Crippen LogP contribution in [0.2, 0.25) is 0 Å². The first-order valence-electron chi connectivity index (χ1n) is 5.81. The Morgan fingerprint density at radius 2 is 1.81 bits per heavy atom. The largest absolute Gasteiger partial charge is 0.396 e. The van der Waals surface area contributed by atoms with Crippen molar-refractivity contribution in [3.05, 3.63) is 0 Å². The zero-order valence-corrected chi connectivity index (χ0v) is 11.1. The monoisotopic (exact) mass is 231 g/mol. The standard InChI is InChI=1S/C12H25NO3/c1-6-12(7-2,9-14)8-13-10(15)11(3,4)16-5/h14H,6-9H2,1-5H3,(H,13,15). The number of aliphatic hydroxyl groups excluding tert-OH is 1. The summed E-state index contributed by atoms with van der Waals surface area (Å²) in [6.07, 6.45) is 1.68. The molecule has 0 aliphatic heterocycles. The number of nitrogens with one attached hydrogen (secondary N) is 1. The van der Waals surface area contributed by atoms with E-state index in [4.69, 9.17) is 4.74 Å². The van der Waals surface area contributed by atoms with Crippen molar-refractivity contribution >= 4 is 5.91 Å². The van der Waals surface area contributed by atoms with Crippen molar-refractivity contribution in [3.63, 3.8) is 0 Å². The van der Waals surface area contributed by atoms with E-state index in [-0.39, 0.29) is 17.9 Å². The quantitative estimate of drug-likeness (QED) is 0.695. The van der Waals surface area contributed by atoms with E-state index in [1.807, 2.05) is 13.8 Å². The zero-order chi connectivity index (χ0) is 12.8. The van der Waals surface area contributed by atoms with Crippen molar-refractivity contribution in [2.75, 3.05) is 20.3 Å². The van der Waals surface area contributed by atoms with Crippen molar-refractivity contribution in [1.82, 2.24) is 5.32 Å². The Morgan fingerprint density at radius 1 is 1.31 bits per heavy atom. The fourth-order valence-electron chi connectivity index (χ4n) is 1.35. The molecule has 0 heterocycles. The van der Waals surface area contributed by atoms with Gasteiger partial charge in [0.25, 0.3) is 5.91 Å². The van der Waals surface area contributed by atoms with Gasteiger partial charge in [0.05, 0.1) is 6.61 Å². The molecule has 4 heteroatoms. The average Bonchev–Trinajstić information content (AvgIpc) is 2.31. The number of hydrogen-bond donors (Lipinski definition) is 2. The highest BCUT2D eigenvalue weighted by atomic mass is 16.5. The fraction of sp³-hybridized carbons (Fsp3) is 0.917. The average molecular weight is 231 g/mol. The van der Waals surface area contributed by atoms with Gasteiger partial charge in [-0.15, -0.1) is 0 Å². The maximum Gasteiger partial charge on any atom is 0.251 e. The molecule has 0 aromatic rings. The van der Waals surface area contributed by atoms with E-state index in [1.165, 1.54) is 7.11 Å². The summed E-state index contributed by atoms with van der Waals surface area (Å²) in [6, 6.07) is 0. The molecule has 0 atom stereocenters. The molecule has 0 rings (SSSR count). The lowest BCUT2D eigenvalue weighted by Gasteiger charge is -2.31. The Kier molecular flexibility index (Phi) is 5.97. The molecule has 0 aliphatic rings. The third kappa shape index (κ3) is 3.76. The molecular weight excluding hydrogens is 206 g/mol. The zero-order valence-electron chi connectivity index (χ0n) is 11.1. The van der Waals surface area contributed by atoms with Gasteiger partial charge < -0.3 is 15.2 Å². The van der Waals surface area contributed by atoms with Gasteiger partial charge in [0.15, 0.2) is 0 Å². The second kappa shape index (κ2) is 6.21. The smallest absolute Gasteiger partial charge is 0.251 e. The molecule has 0 saturated heterocycles. The number of carbonyl (C=O) groups is 1. The fourth-order valence-corrected chi connectivity index (χ4v) is 1.35. The number of amides is 1. The molecule has 0 saturated carbocycles. The van der Waals surface area contributed by atoms with Gasteiger partial charge in [-0.1, -0.05) is 13.8 Å². The highest BCUT2D eigenvalue weighted by Crippen LogP contribution is 2.24. The molecule has 0 bridgehead atoms. The SMILES string of the molecule is CCC(CC)(CO)CNC(=O)C(C)(C)OC. The summed E-state index contributed by atoms with van der Waals surface area (Å²) in [5.41, 5.74) is -1.03. The number of aliphatic hydroxyl groups is 1. The summed E-state index contributed by atoms with van der Waals surface area (Å²) in [7, 11) is 1.51. The van der Waals surface area contributed by atoms with Gasteiger partial charge in [0, 0.05) is 19.1 Å². The first-order valence-corrected chi connectivity index (χ1v) is 5.81. The summed E-state index contributed by atoms with van der Waals surface area (Å²) in [5, 5.41) is 12.2. The third-order valence-corrected chi connectivity index (χ3v) is 3.52. The molecule has 1 amide bonds. The van der Waals surface area contributed by atoms with E-state index in [9.17, 15) is 9.90 Å². The Morgan fingerprint density at radius 3 is 2.12 bits per heavy atom. The van der Waals surface area contributed by atoms with Crippen LogP contribution in [0.25, 0.3) is 0 Å². The Balaban J connectivity index is 4.38. The van der Waals surface area contributed by atoms with Crippen LogP contribution in [-0.4, -0.2) is 36.9 Å². The Labute approximate surface area is 98.4 Å². The lowest BCUT2D eigenvalue weighted by atomic mass is 9.83. The van der Waals surface area contributed by atoms with Crippen LogP contribution in [-0.2, 0) is 9.53 Å². The van der Waals surface area contributed by atoms with E-state index >= 15 is 0 Å². The van der Waals surface area contributed by atoms with E-state index in [0.29, 0.717) is 6.54 Å². The Hall–Kier alpha value is -0.610. The molecule has 0 unspecified atom stereocenters. The number of rotatable bonds is 7. The van der Waals surface area contributed by atoms with Gasteiger partial charge in [-0.05, 0) is 26.7 Å². The van der Waals surface area contributed by atoms with Gasteiger partial charge in [0.2, 0.25) is 0 Å². The minimum absolute atomic E-state index is 0.0910. The van der Waals surface area contributed by atoms with Gasteiger partial charge >= 0.3 is 0 Å². The van der Waals surface area contributed by atoms with Crippen LogP contribution in [0, 0.1) is 5.41 Å². The first-order chi connectivity index (χ1) is 7.37. The number of hydrogen-bond acceptors (Lipinski definition) is 3. The van der Waals surface area contributed by atoms with Gasteiger partial charge in [0.1, 0.15) is 5.60 Å². The lowest BCUT2D eigenvalue weighted by molar-refractivity contribution is -0.140. The molecule has 0 aromatic heterocycles. The van der Waals surface area contributed by atoms with Gasteiger partial charge in [-0.25, -0.2) is 0 Å². The molecule has 0 radical (unpaired) electrons. The maximum absolute atomic E-state index is 11.8. The number of ether oxygens (including phenoxy) is 1. The molecule has 96 valence electrons. The molecule has 4 nitrogen and oxygen atoms in total. The van der Waals surface area contributed by atoms with Crippen molar-refractivity contribution in [1.29, 1.82) is 0 Å². The molecule has 0 aromatic carbocycles. The van der Waals surface area contributed by atoms with Crippen LogP contribution in [0.15, 0.2) is 0 Å². The van der Waals surface area contributed by atoms with Crippen molar-refractivity contribution in [2.45, 2.75) is 46.1 Å². The minimum atomic E-state index is -0.817. The number of carbonyl (C=O) groups excluding carboxylic acids is 1. The molecule has 0 fully saturated rings. The topological polar surface area (TPSA) is 58.6 Å². The highest BCUT2D eigenvalue weighted by Gasteiger charge is 2.31. The van der Waals surface area contributed by atoms with E-state index in [2.05, 4.69) is 5.32 Å². The second-order valence-corrected chi connectivity index (χ2v) is 4.76.